The number of aliphatic hydroxyl groups is 1. The highest BCUT2D eigenvalue weighted by Gasteiger charge is 2.52. The molecule has 0 radical (unpaired) electrons. The number of Topliss-reactive ketones (excluding diaryl/α,β-unsaturated/α-hetero) is 1. The molecule has 0 aromatic carbocycles. The average Bonchev–Trinajstić information content (AvgIpc) is 3.08. The first kappa shape index (κ1) is 25.8. The van der Waals surface area contributed by atoms with Crippen LogP contribution in [-0.4, -0.2) is 35.9 Å². The summed E-state index contributed by atoms with van der Waals surface area (Å²) in [7, 11) is 1.39. The number of aldehydes is 1. The van der Waals surface area contributed by atoms with Crippen molar-refractivity contribution in [3.05, 3.63) is 11.6 Å². The van der Waals surface area contributed by atoms with Crippen LogP contribution in [0.25, 0.3) is 0 Å². The zero-order valence-corrected chi connectivity index (χ0v) is 20.0. The van der Waals surface area contributed by atoms with Crippen LogP contribution in [0.1, 0.15) is 97.8 Å². The number of ketones is 1. The van der Waals surface area contributed by atoms with Gasteiger partial charge in [-0.25, -0.2) is 0 Å². The summed E-state index contributed by atoms with van der Waals surface area (Å²) in [5, 5.41) is 9.93. The molecule has 2 rings (SSSR count). The van der Waals surface area contributed by atoms with Crippen molar-refractivity contribution in [2.24, 2.45) is 23.2 Å². The first-order chi connectivity index (χ1) is 14.7. The van der Waals surface area contributed by atoms with Gasteiger partial charge in [0.25, 0.3) is 0 Å². The van der Waals surface area contributed by atoms with Crippen LogP contribution in [0.15, 0.2) is 11.6 Å². The third-order valence-electron chi connectivity index (χ3n) is 7.48. The largest absolute Gasteiger partial charge is 0.469 e. The van der Waals surface area contributed by atoms with E-state index >= 15 is 0 Å². The van der Waals surface area contributed by atoms with Crippen LogP contribution in [0.5, 0.6) is 0 Å². The van der Waals surface area contributed by atoms with Gasteiger partial charge in [-0.15, -0.1) is 0 Å². The fourth-order valence-electron chi connectivity index (χ4n) is 5.66. The Kier molecular flexibility index (Phi) is 9.47. The lowest BCUT2D eigenvalue weighted by atomic mass is 9.61. The lowest BCUT2D eigenvalue weighted by Gasteiger charge is -2.41. The summed E-state index contributed by atoms with van der Waals surface area (Å²) in [4.78, 5) is 38.1. The number of unbranched alkanes of at least 4 members (excludes halogenated alkanes) is 2. The normalized spacial score (nSPS) is 27.6. The predicted octanol–water partition coefficient (Wildman–Crippen LogP) is 5.19. The lowest BCUT2D eigenvalue weighted by molar-refractivity contribution is -0.157. The second-order valence-electron chi connectivity index (χ2n) is 10.4. The Labute approximate surface area is 188 Å². The van der Waals surface area contributed by atoms with Crippen LogP contribution in [0.4, 0.5) is 0 Å². The average molecular weight is 435 g/mol. The summed E-state index contributed by atoms with van der Waals surface area (Å²) in [6.45, 7) is 5.78. The van der Waals surface area contributed by atoms with Gasteiger partial charge in [0.1, 0.15) is 12.1 Å². The SMILES string of the molecule is CCCCCC1C(=O)CCC1C(C(=O)OC)C1(C=O)CC=C(CCCC(C)(C)O)CC1. The maximum atomic E-state index is 13.0. The molecule has 0 heterocycles. The number of carbonyl (C=O) groups excluding carboxylic acids is 3. The molecule has 4 unspecified atom stereocenters. The van der Waals surface area contributed by atoms with Gasteiger partial charge in [-0.3, -0.25) is 9.59 Å². The van der Waals surface area contributed by atoms with E-state index < -0.39 is 16.9 Å². The number of ether oxygens (including phenoxy) is 1. The first-order valence-electron chi connectivity index (χ1n) is 12.1. The van der Waals surface area contributed by atoms with Crippen LogP contribution in [-0.2, 0) is 19.1 Å². The molecule has 0 bridgehead atoms. The van der Waals surface area contributed by atoms with Crippen LogP contribution in [0, 0.1) is 23.2 Å². The molecule has 176 valence electrons. The molecule has 2 aliphatic rings. The molecule has 0 amide bonds. The highest BCUT2D eigenvalue weighted by atomic mass is 16.5. The maximum Gasteiger partial charge on any atom is 0.309 e. The van der Waals surface area contributed by atoms with Gasteiger partial charge in [0.05, 0.1) is 18.6 Å². The molecule has 5 heteroatoms. The molecule has 0 saturated heterocycles. The maximum absolute atomic E-state index is 13.0. The minimum absolute atomic E-state index is 0.104. The summed E-state index contributed by atoms with van der Waals surface area (Å²) in [5.41, 5.74) is -0.155. The number of carbonyl (C=O) groups is 3. The zero-order valence-electron chi connectivity index (χ0n) is 20.0. The van der Waals surface area contributed by atoms with Crippen molar-refractivity contribution in [3.63, 3.8) is 0 Å². The molecule has 0 spiro atoms. The van der Waals surface area contributed by atoms with Crippen molar-refractivity contribution < 1.29 is 24.2 Å². The predicted molar refractivity (Wildman–Crippen MR) is 121 cm³/mol. The quantitative estimate of drug-likeness (QED) is 0.198. The van der Waals surface area contributed by atoms with E-state index in [0.29, 0.717) is 25.7 Å². The molecule has 0 aromatic rings. The van der Waals surface area contributed by atoms with Gasteiger partial charge < -0.3 is 14.6 Å². The minimum Gasteiger partial charge on any atom is -0.469 e. The highest BCUT2D eigenvalue weighted by molar-refractivity contribution is 5.86. The van der Waals surface area contributed by atoms with Crippen molar-refractivity contribution >= 4 is 18.0 Å². The summed E-state index contributed by atoms with van der Waals surface area (Å²) >= 11 is 0. The van der Waals surface area contributed by atoms with Crippen LogP contribution in [0.2, 0.25) is 0 Å². The van der Waals surface area contributed by atoms with E-state index in [4.69, 9.17) is 4.74 Å². The molecule has 1 fully saturated rings. The highest BCUT2D eigenvalue weighted by Crippen LogP contribution is 2.50. The zero-order chi connectivity index (χ0) is 23.1. The van der Waals surface area contributed by atoms with E-state index in [0.717, 1.165) is 57.7 Å². The molecule has 0 aromatic heterocycles. The Bertz CT molecular complexity index is 659. The molecular formula is C26H42O5. The second kappa shape index (κ2) is 11.4. The van der Waals surface area contributed by atoms with Gasteiger partial charge in [-0.05, 0) is 71.1 Å². The standard InChI is InChI=1S/C26H42O5/c1-5-6-7-10-20-21(11-12-22(20)28)23(24(29)31-4)26(18-27)16-13-19(14-17-26)9-8-15-25(2,3)30/h13,18,20-21,23,30H,5-12,14-17H2,1-4H3. The third kappa shape index (κ3) is 6.74. The van der Waals surface area contributed by atoms with E-state index in [1.807, 2.05) is 13.8 Å². The van der Waals surface area contributed by atoms with Crippen LogP contribution in [0.3, 0.4) is 0 Å². The van der Waals surface area contributed by atoms with Gasteiger partial charge in [-0.2, -0.15) is 0 Å². The monoisotopic (exact) mass is 434 g/mol. The summed E-state index contributed by atoms with van der Waals surface area (Å²) in [6, 6.07) is 0. The van der Waals surface area contributed by atoms with Crippen molar-refractivity contribution in [2.75, 3.05) is 7.11 Å². The number of hydrogen-bond acceptors (Lipinski definition) is 5. The third-order valence-corrected chi connectivity index (χ3v) is 7.48. The summed E-state index contributed by atoms with van der Waals surface area (Å²) in [6.07, 6.45) is 12.7. The smallest absolute Gasteiger partial charge is 0.309 e. The fourth-order valence-corrected chi connectivity index (χ4v) is 5.66. The van der Waals surface area contributed by atoms with Crippen LogP contribution >= 0.6 is 0 Å². The van der Waals surface area contributed by atoms with Crippen molar-refractivity contribution in [1.82, 2.24) is 0 Å². The molecule has 1 N–H and O–H groups in total. The molecular weight excluding hydrogens is 392 g/mol. The summed E-state index contributed by atoms with van der Waals surface area (Å²) < 4.78 is 5.19. The number of esters is 1. The van der Waals surface area contributed by atoms with Gasteiger partial charge in [0.15, 0.2) is 0 Å². The Morgan fingerprint density at radius 1 is 1.32 bits per heavy atom. The lowest BCUT2D eigenvalue weighted by Crippen LogP contribution is -2.45. The van der Waals surface area contributed by atoms with E-state index in [9.17, 15) is 19.5 Å². The Hall–Kier alpha value is -1.49. The topological polar surface area (TPSA) is 80.7 Å². The second-order valence-corrected chi connectivity index (χ2v) is 10.4. The molecule has 2 aliphatic carbocycles. The number of methoxy groups -OCH3 is 1. The fraction of sp³-hybridized carbons (Fsp3) is 0.808. The summed E-state index contributed by atoms with van der Waals surface area (Å²) in [5.74, 6) is -0.889. The molecule has 4 atom stereocenters. The minimum atomic E-state index is -0.787. The molecule has 1 saturated carbocycles. The number of rotatable bonds is 12. The number of allylic oxidation sites excluding steroid dienone is 2. The van der Waals surface area contributed by atoms with E-state index in [-0.39, 0.29) is 23.6 Å². The van der Waals surface area contributed by atoms with Crippen molar-refractivity contribution in [3.8, 4) is 0 Å². The van der Waals surface area contributed by atoms with Gasteiger partial charge in [0, 0.05) is 17.8 Å². The van der Waals surface area contributed by atoms with E-state index in [1.54, 1.807) is 0 Å². The van der Waals surface area contributed by atoms with Crippen LogP contribution < -0.4 is 0 Å². The molecule has 0 aliphatic heterocycles. The Morgan fingerprint density at radius 2 is 2.06 bits per heavy atom. The molecule has 31 heavy (non-hydrogen) atoms. The molecule has 5 nitrogen and oxygen atoms in total. The Morgan fingerprint density at radius 3 is 2.61 bits per heavy atom. The van der Waals surface area contributed by atoms with Crippen molar-refractivity contribution in [2.45, 2.75) is 103 Å². The van der Waals surface area contributed by atoms with Gasteiger partial charge in [-0.1, -0.05) is 37.8 Å². The van der Waals surface area contributed by atoms with Gasteiger partial charge >= 0.3 is 5.97 Å². The number of hydrogen-bond donors (Lipinski definition) is 1. The Balaban J connectivity index is 2.19. The van der Waals surface area contributed by atoms with Crippen molar-refractivity contribution in [1.29, 1.82) is 0 Å². The first-order valence-corrected chi connectivity index (χ1v) is 12.1. The van der Waals surface area contributed by atoms with Gasteiger partial charge in [0.2, 0.25) is 0 Å². The van der Waals surface area contributed by atoms with E-state index in [1.165, 1.54) is 12.7 Å². The van der Waals surface area contributed by atoms with E-state index in [2.05, 4.69) is 13.0 Å².